The summed E-state index contributed by atoms with van der Waals surface area (Å²) in [5.74, 6) is -7.65. The van der Waals surface area contributed by atoms with Gasteiger partial charge in [-0.1, -0.05) is 23.6 Å². The number of carbonyl (C=O) groups excluding carboxylic acids is 3. The van der Waals surface area contributed by atoms with E-state index in [-0.39, 0.29) is 22.6 Å². The molecule has 0 spiro atoms. The van der Waals surface area contributed by atoms with Crippen molar-refractivity contribution in [1.82, 2.24) is 5.06 Å². The van der Waals surface area contributed by atoms with E-state index >= 15 is 0 Å². The molecule has 1 heterocycles. The van der Waals surface area contributed by atoms with Crippen LogP contribution in [0.5, 0.6) is 0 Å². The number of alkyl halides is 2. The Balaban J connectivity index is 1.78. The molecule has 1 saturated carbocycles. The molecule has 1 fully saturated rings. The molecule has 22 heavy (non-hydrogen) atoms. The zero-order valence-electron chi connectivity index (χ0n) is 11.6. The van der Waals surface area contributed by atoms with Crippen molar-refractivity contribution in [2.24, 2.45) is 5.92 Å². The quantitative estimate of drug-likeness (QED) is 0.788. The van der Waals surface area contributed by atoms with Crippen LogP contribution in [0.4, 0.5) is 8.78 Å². The third-order valence-electron chi connectivity index (χ3n) is 3.99. The van der Waals surface area contributed by atoms with Gasteiger partial charge in [0.2, 0.25) is 0 Å². The second-order valence-corrected chi connectivity index (χ2v) is 5.42. The van der Waals surface area contributed by atoms with Crippen LogP contribution in [0.3, 0.4) is 0 Å². The van der Waals surface area contributed by atoms with Gasteiger partial charge in [-0.3, -0.25) is 9.59 Å². The zero-order valence-corrected chi connectivity index (χ0v) is 11.6. The van der Waals surface area contributed by atoms with Crippen molar-refractivity contribution < 1.29 is 28.0 Å². The van der Waals surface area contributed by atoms with Gasteiger partial charge in [0, 0.05) is 6.42 Å². The molecule has 1 aromatic carbocycles. The fourth-order valence-electron chi connectivity index (χ4n) is 2.79. The topological polar surface area (TPSA) is 63.7 Å². The molecule has 0 N–H and O–H groups in total. The third-order valence-corrected chi connectivity index (χ3v) is 3.99. The molecule has 0 aromatic heterocycles. The second kappa shape index (κ2) is 5.15. The van der Waals surface area contributed by atoms with Crippen molar-refractivity contribution in [2.75, 3.05) is 0 Å². The van der Waals surface area contributed by atoms with E-state index in [1.807, 2.05) is 0 Å². The summed E-state index contributed by atoms with van der Waals surface area (Å²) in [6, 6.07) is 5.95. The predicted molar refractivity (Wildman–Crippen MR) is 69.9 cm³/mol. The summed E-state index contributed by atoms with van der Waals surface area (Å²) in [6.07, 6.45) is 0.408. The Hall–Kier alpha value is -2.31. The van der Waals surface area contributed by atoms with E-state index in [1.54, 1.807) is 12.1 Å². The molecule has 0 saturated heterocycles. The van der Waals surface area contributed by atoms with E-state index in [0.29, 0.717) is 12.8 Å². The number of hydrogen-bond acceptors (Lipinski definition) is 4. The molecule has 116 valence electrons. The Morgan fingerprint density at radius 1 is 1.14 bits per heavy atom. The largest absolute Gasteiger partial charge is 0.342 e. The van der Waals surface area contributed by atoms with Crippen molar-refractivity contribution in [2.45, 2.75) is 31.6 Å². The number of amides is 2. The van der Waals surface area contributed by atoms with E-state index in [0.717, 1.165) is 0 Å². The maximum atomic E-state index is 13.8. The summed E-state index contributed by atoms with van der Waals surface area (Å²) < 4.78 is 27.5. The van der Waals surface area contributed by atoms with Crippen molar-refractivity contribution in [3.8, 4) is 0 Å². The highest BCUT2D eigenvalue weighted by atomic mass is 19.3. The van der Waals surface area contributed by atoms with Crippen molar-refractivity contribution in [3.05, 3.63) is 35.4 Å². The van der Waals surface area contributed by atoms with Crippen LogP contribution in [0, 0.1) is 5.92 Å². The van der Waals surface area contributed by atoms with Crippen LogP contribution in [-0.2, 0) is 9.63 Å². The monoisotopic (exact) mass is 309 g/mol. The smallest absolute Gasteiger partial charge is 0.329 e. The molecule has 1 unspecified atom stereocenters. The number of benzene rings is 1. The summed E-state index contributed by atoms with van der Waals surface area (Å²) in [4.78, 5) is 40.7. The molecule has 2 aliphatic rings. The number of hydrogen-bond donors (Lipinski definition) is 0. The van der Waals surface area contributed by atoms with E-state index in [9.17, 15) is 23.2 Å². The van der Waals surface area contributed by atoms with Gasteiger partial charge in [0.05, 0.1) is 11.1 Å². The number of fused-ring (bicyclic) bond motifs is 1. The minimum Gasteiger partial charge on any atom is -0.329 e. The first-order chi connectivity index (χ1) is 10.4. The van der Waals surface area contributed by atoms with Gasteiger partial charge in [0.1, 0.15) is 5.92 Å². The van der Waals surface area contributed by atoms with E-state index in [1.165, 1.54) is 12.1 Å². The van der Waals surface area contributed by atoms with Gasteiger partial charge < -0.3 is 4.84 Å². The Morgan fingerprint density at radius 3 is 2.27 bits per heavy atom. The SMILES string of the molecule is O=C(ON1C(=O)c2ccccc2C1=O)C1CCCCC1(F)F. The molecule has 1 aliphatic carbocycles. The number of hydroxylamine groups is 2. The van der Waals surface area contributed by atoms with Gasteiger partial charge in [-0.15, -0.1) is 0 Å². The normalized spacial score (nSPS) is 23.4. The number of halogens is 2. The highest BCUT2D eigenvalue weighted by Crippen LogP contribution is 2.39. The molecule has 7 heteroatoms. The number of imide groups is 1. The predicted octanol–water partition coefficient (Wildman–Crippen LogP) is 2.57. The fraction of sp³-hybridized carbons (Fsp3) is 0.400. The summed E-state index contributed by atoms with van der Waals surface area (Å²) in [6.45, 7) is 0. The molecule has 1 atom stereocenters. The lowest BCUT2D eigenvalue weighted by Crippen LogP contribution is -2.42. The van der Waals surface area contributed by atoms with Gasteiger partial charge in [-0.2, -0.15) is 0 Å². The first kappa shape index (κ1) is 14.6. The van der Waals surface area contributed by atoms with Gasteiger partial charge in [0.25, 0.3) is 17.7 Å². The Kier molecular flexibility index (Phi) is 3.42. The summed E-state index contributed by atoms with van der Waals surface area (Å²) in [5.41, 5.74) is 0.186. The maximum absolute atomic E-state index is 13.8. The van der Waals surface area contributed by atoms with Crippen LogP contribution in [0.25, 0.3) is 0 Å². The van der Waals surface area contributed by atoms with E-state index < -0.39 is 36.0 Å². The van der Waals surface area contributed by atoms with Gasteiger partial charge in [0.15, 0.2) is 0 Å². The molecular weight excluding hydrogens is 296 g/mol. The van der Waals surface area contributed by atoms with E-state index in [4.69, 9.17) is 4.84 Å². The van der Waals surface area contributed by atoms with Crippen LogP contribution >= 0.6 is 0 Å². The van der Waals surface area contributed by atoms with Gasteiger partial charge >= 0.3 is 5.97 Å². The van der Waals surface area contributed by atoms with Crippen LogP contribution in [0.2, 0.25) is 0 Å². The molecule has 0 bridgehead atoms. The number of rotatable bonds is 2. The molecule has 1 aromatic rings. The Bertz CT molecular complexity index is 624. The lowest BCUT2D eigenvalue weighted by atomic mass is 9.86. The minimum absolute atomic E-state index is 0.0188. The number of nitrogens with zero attached hydrogens (tertiary/aromatic N) is 1. The summed E-state index contributed by atoms with van der Waals surface area (Å²) >= 11 is 0. The Morgan fingerprint density at radius 2 is 1.73 bits per heavy atom. The lowest BCUT2D eigenvalue weighted by Gasteiger charge is -2.29. The highest BCUT2D eigenvalue weighted by Gasteiger charge is 2.49. The van der Waals surface area contributed by atoms with Gasteiger partial charge in [-0.05, 0) is 25.0 Å². The molecule has 5 nitrogen and oxygen atoms in total. The fourth-order valence-corrected chi connectivity index (χ4v) is 2.79. The lowest BCUT2D eigenvalue weighted by molar-refractivity contribution is -0.191. The molecule has 3 rings (SSSR count). The molecular formula is C15H13F2NO4. The second-order valence-electron chi connectivity index (χ2n) is 5.42. The summed E-state index contributed by atoms with van der Waals surface area (Å²) in [5, 5.41) is 0.275. The van der Waals surface area contributed by atoms with Crippen LogP contribution < -0.4 is 0 Å². The van der Waals surface area contributed by atoms with Crippen molar-refractivity contribution in [1.29, 1.82) is 0 Å². The van der Waals surface area contributed by atoms with Crippen molar-refractivity contribution in [3.63, 3.8) is 0 Å². The summed E-state index contributed by atoms with van der Waals surface area (Å²) in [7, 11) is 0. The highest BCUT2D eigenvalue weighted by molar-refractivity contribution is 6.20. The third kappa shape index (κ3) is 2.26. The zero-order chi connectivity index (χ0) is 15.9. The average Bonchev–Trinajstić information content (AvgIpc) is 2.72. The van der Waals surface area contributed by atoms with E-state index in [2.05, 4.69) is 0 Å². The number of carbonyl (C=O) groups is 3. The molecule has 0 radical (unpaired) electrons. The maximum Gasteiger partial charge on any atom is 0.342 e. The molecule has 1 aliphatic heterocycles. The van der Waals surface area contributed by atoms with Gasteiger partial charge in [-0.25, -0.2) is 13.6 Å². The van der Waals surface area contributed by atoms with Crippen LogP contribution in [-0.4, -0.2) is 28.8 Å². The van der Waals surface area contributed by atoms with Crippen LogP contribution in [0.15, 0.2) is 24.3 Å². The van der Waals surface area contributed by atoms with Crippen molar-refractivity contribution >= 4 is 17.8 Å². The first-order valence-electron chi connectivity index (χ1n) is 6.99. The minimum atomic E-state index is -3.17. The molecule has 2 amide bonds. The van der Waals surface area contributed by atoms with Crippen LogP contribution in [0.1, 0.15) is 46.4 Å². The first-order valence-corrected chi connectivity index (χ1v) is 6.99. The standard InChI is InChI=1S/C15H13F2NO4/c16-15(17)8-4-3-7-11(15)14(21)22-18-12(19)9-5-1-2-6-10(9)13(18)20/h1-2,5-6,11H,3-4,7-8H2. The average molecular weight is 309 g/mol. The Labute approximate surface area is 124 Å².